The Morgan fingerprint density at radius 3 is 2.43 bits per heavy atom. The molecule has 1 aliphatic carbocycles. The third kappa shape index (κ3) is 4.25. The molecule has 0 aliphatic heterocycles. The van der Waals surface area contributed by atoms with E-state index >= 15 is 0 Å². The molecule has 0 spiro atoms. The SMILES string of the molecule is COc1cc(F)c(F)c(-c2ccc(I)cc2F)c1NS(=O)(=O)C1(CC(O)CO)CC1. The molecular formula is C19H19F3INO5S. The third-order valence-electron chi connectivity index (χ3n) is 5.04. The lowest BCUT2D eigenvalue weighted by Gasteiger charge is -2.23. The van der Waals surface area contributed by atoms with Crippen LogP contribution in [0, 0.1) is 21.0 Å². The predicted octanol–water partition coefficient (Wildman–Crippen LogP) is 3.40. The highest BCUT2D eigenvalue weighted by Gasteiger charge is 2.55. The molecule has 11 heteroatoms. The lowest BCUT2D eigenvalue weighted by atomic mass is 10.0. The van der Waals surface area contributed by atoms with Crippen LogP contribution in [0.25, 0.3) is 11.1 Å². The van der Waals surface area contributed by atoms with Crippen molar-refractivity contribution in [1.29, 1.82) is 0 Å². The number of rotatable bonds is 8. The summed E-state index contributed by atoms with van der Waals surface area (Å²) in [5.74, 6) is -3.97. The fourth-order valence-electron chi connectivity index (χ4n) is 3.27. The molecule has 0 saturated heterocycles. The molecular weight excluding hydrogens is 538 g/mol. The zero-order chi connectivity index (χ0) is 22.3. The average Bonchev–Trinajstić information content (AvgIpc) is 3.47. The number of methoxy groups -OCH3 is 1. The molecule has 2 aromatic carbocycles. The van der Waals surface area contributed by atoms with Crippen molar-refractivity contribution in [2.75, 3.05) is 18.4 Å². The molecule has 0 radical (unpaired) electrons. The molecule has 2 aromatic rings. The monoisotopic (exact) mass is 557 g/mol. The Labute approximate surface area is 185 Å². The van der Waals surface area contributed by atoms with Crippen LogP contribution in [0.15, 0.2) is 24.3 Å². The number of benzene rings is 2. The maximum atomic E-state index is 14.8. The van der Waals surface area contributed by atoms with Gasteiger partial charge in [-0.1, -0.05) is 6.07 Å². The van der Waals surface area contributed by atoms with Gasteiger partial charge in [-0.05, 0) is 54.0 Å². The quantitative estimate of drug-likeness (QED) is 0.433. The summed E-state index contributed by atoms with van der Waals surface area (Å²) in [4.78, 5) is 0. The molecule has 1 saturated carbocycles. The molecule has 30 heavy (non-hydrogen) atoms. The van der Waals surface area contributed by atoms with Gasteiger partial charge in [-0.3, -0.25) is 4.72 Å². The second-order valence-corrected chi connectivity index (χ2v) is 10.4. The lowest BCUT2D eigenvalue weighted by molar-refractivity contribution is 0.0858. The van der Waals surface area contributed by atoms with E-state index in [2.05, 4.69) is 4.72 Å². The smallest absolute Gasteiger partial charge is 0.238 e. The van der Waals surface area contributed by atoms with E-state index in [1.807, 2.05) is 22.6 Å². The van der Waals surface area contributed by atoms with Crippen molar-refractivity contribution in [1.82, 2.24) is 0 Å². The number of aliphatic hydroxyl groups excluding tert-OH is 2. The first-order chi connectivity index (χ1) is 14.0. The highest BCUT2D eigenvalue weighted by molar-refractivity contribution is 14.1. The minimum atomic E-state index is -4.23. The van der Waals surface area contributed by atoms with E-state index in [1.165, 1.54) is 12.1 Å². The zero-order valence-electron chi connectivity index (χ0n) is 15.8. The van der Waals surface area contributed by atoms with E-state index in [0.29, 0.717) is 9.64 Å². The number of hydrogen-bond donors (Lipinski definition) is 3. The van der Waals surface area contributed by atoms with Crippen LogP contribution in [-0.4, -0.2) is 43.2 Å². The first kappa shape index (κ1) is 23.1. The summed E-state index contributed by atoms with van der Waals surface area (Å²) < 4.78 is 76.1. The van der Waals surface area contributed by atoms with Crippen molar-refractivity contribution < 1.29 is 36.5 Å². The summed E-state index contributed by atoms with van der Waals surface area (Å²) >= 11 is 1.85. The Kier molecular flexibility index (Phi) is 6.56. The van der Waals surface area contributed by atoms with Crippen molar-refractivity contribution >= 4 is 38.3 Å². The molecule has 0 bridgehead atoms. The van der Waals surface area contributed by atoms with Crippen molar-refractivity contribution in [2.24, 2.45) is 0 Å². The molecule has 1 unspecified atom stereocenters. The highest BCUT2D eigenvalue weighted by atomic mass is 127. The van der Waals surface area contributed by atoms with Gasteiger partial charge in [-0.15, -0.1) is 0 Å². The maximum absolute atomic E-state index is 14.8. The van der Waals surface area contributed by atoms with Crippen LogP contribution in [0.4, 0.5) is 18.9 Å². The number of hydrogen-bond acceptors (Lipinski definition) is 5. The largest absolute Gasteiger partial charge is 0.494 e. The lowest BCUT2D eigenvalue weighted by Crippen LogP contribution is -2.34. The second-order valence-electron chi connectivity index (χ2n) is 7.08. The van der Waals surface area contributed by atoms with Crippen LogP contribution >= 0.6 is 22.6 Å². The van der Waals surface area contributed by atoms with Gasteiger partial charge >= 0.3 is 0 Å². The van der Waals surface area contributed by atoms with Crippen molar-refractivity contribution in [2.45, 2.75) is 30.1 Å². The molecule has 3 rings (SSSR count). The predicted molar refractivity (Wildman–Crippen MR) is 113 cm³/mol. The van der Waals surface area contributed by atoms with E-state index < -0.39 is 56.2 Å². The summed E-state index contributed by atoms with van der Waals surface area (Å²) in [5, 5.41) is 18.8. The number of halogens is 4. The molecule has 3 N–H and O–H groups in total. The average molecular weight is 557 g/mol. The Balaban J connectivity index is 2.16. The van der Waals surface area contributed by atoms with Crippen molar-refractivity contribution in [3.63, 3.8) is 0 Å². The number of sulfonamides is 1. The summed E-state index contributed by atoms with van der Waals surface area (Å²) in [6.07, 6.45) is -1.08. The molecule has 1 atom stereocenters. The van der Waals surface area contributed by atoms with Crippen LogP contribution in [0.2, 0.25) is 0 Å². The molecule has 0 aromatic heterocycles. The van der Waals surface area contributed by atoms with Gasteiger partial charge in [-0.25, -0.2) is 21.6 Å². The highest BCUT2D eigenvalue weighted by Crippen LogP contribution is 2.50. The van der Waals surface area contributed by atoms with Gasteiger partial charge in [0, 0.05) is 15.2 Å². The number of ether oxygens (including phenoxy) is 1. The Bertz CT molecular complexity index is 1080. The minimum absolute atomic E-state index is 0.207. The van der Waals surface area contributed by atoms with Gasteiger partial charge in [0.05, 0.1) is 30.1 Å². The van der Waals surface area contributed by atoms with E-state index in [9.17, 15) is 26.7 Å². The van der Waals surface area contributed by atoms with E-state index in [0.717, 1.165) is 13.2 Å². The van der Waals surface area contributed by atoms with Gasteiger partial charge in [-0.2, -0.15) is 0 Å². The summed E-state index contributed by atoms with van der Waals surface area (Å²) in [5.41, 5.74) is -1.41. The Morgan fingerprint density at radius 2 is 1.90 bits per heavy atom. The van der Waals surface area contributed by atoms with Gasteiger partial charge in [0.15, 0.2) is 11.6 Å². The van der Waals surface area contributed by atoms with Gasteiger partial charge in [0.1, 0.15) is 17.3 Å². The van der Waals surface area contributed by atoms with Crippen LogP contribution in [0.3, 0.4) is 0 Å². The van der Waals surface area contributed by atoms with Gasteiger partial charge in [0.2, 0.25) is 10.0 Å². The third-order valence-corrected chi connectivity index (χ3v) is 7.90. The first-order valence-electron chi connectivity index (χ1n) is 8.88. The summed E-state index contributed by atoms with van der Waals surface area (Å²) in [6, 6.07) is 4.46. The molecule has 6 nitrogen and oxygen atoms in total. The van der Waals surface area contributed by atoms with Crippen LogP contribution in [0.5, 0.6) is 5.75 Å². The van der Waals surface area contributed by atoms with E-state index in [4.69, 9.17) is 9.84 Å². The number of aliphatic hydroxyl groups is 2. The second kappa shape index (κ2) is 8.52. The fraction of sp³-hybridized carbons (Fsp3) is 0.368. The van der Waals surface area contributed by atoms with Crippen LogP contribution in [0.1, 0.15) is 19.3 Å². The first-order valence-corrected chi connectivity index (χ1v) is 11.4. The molecule has 0 amide bonds. The number of anilines is 1. The van der Waals surface area contributed by atoms with Crippen molar-refractivity contribution in [3.05, 3.63) is 45.3 Å². The fourth-order valence-corrected chi connectivity index (χ4v) is 5.46. The summed E-state index contributed by atoms with van der Waals surface area (Å²) in [6.45, 7) is -0.620. The standard InChI is InChI=1S/C19H19F3INO5S/c1-29-15-7-14(21)17(22)16(12-3-2-10(23)6-13(12)20)18(15)24-30(27,28)19(4-5-19)8-11(26)9-25/h2-3,6-7,11,24-26H,4-5,8-9H2,1H3. The van der Waals surface area contributed by atoms with Gasteiger partial charge < -0.3 is 14.9 Å². The van der Waals surface area contributed by atoms with Crippen molar-refractivity contribution in [3.8, 4) is 16.9 Å². The topological polar surface area (TPSA) is 95.9 Å². The number of nitrogens with one attached hydrogen (secondary N) is 1. The summed E-state index contributed by atoms with van der Waals surface area (Å²) in [7, 11) is -3.09. The zero-order valence-corrected chi connectivity index (χ0v) is 18.7. The minimum Gasteiger partial charge on any atom is -0.494 e. The van der Waals surface area contributed by atoms with E-state index in [1.54, 1.807) is 0 Å². The normalized spacial score (nSPS) is 16.2. The van der Waals surface area contributed by atoms with Gasteiger partial charge in [0.25, 0.3) is 0 Å². The maximum Gasteiger partial charge on any atom is 0.238 e. The Hall–Kier alpha value is -1.57. The molecule has 0 heterocycles. The molecule has 1 aliphatic rings. The van der Waals surface area contributed by atoms with E-state index in [-0.39, 0.29) is 30.6 Å². The molecule has 164 valence electrons. The van der Waals surface area contributed by atoms with Crippen LogP contribution in [-0.2, 0) is 10.0 Å². The Morgan fingerprint density at radius 1 is 1.23 bits per heavy atom. The molecule has 1 fully saturated rings. The van der Waals surface area contributed by atoms with Crippen LogP contribution < -0.4 is 9.46 Å².